The first-order valence-corrected chi connectivity index (χ1v) is 9.53. The number of piperazine rings is 1. The fourth-order valence-corrected chi connectivity index (χ4v) is 3.42. The fourth-order valence-electron chi connectivity index (χ4n) is 3.15. The van der Waals surface area contributed by atoms with Gasteiger partial charge in [-0.1, -0.05) is 25.4 Å². The zero-order chi connectivity index (χ0) is 17.8. The number of hydrogen-bond acceptors (Lipinski definition) is 4. The molecule has 0 atom stereocenters. The number of rotatable bonds is 4. The molecule has 0 spiro atoms. The van der Waals surface area contributed by atoms with Gasteiger partial charge in [-0.25, -0.2) is 0 Å². The van der Waals surface area contributed by atoms with E-state index < -0.39 is 0 Å². The van der Waals surface area contributed by atoms with Crippen molar-refractivity contribution in [3.8, 4) is 11.5 Å². The lowest BCUT2D eigenvalue weighted by Gasteiger charge is -2.35. The summed E-state index contributed by atoms with van der Waals surface area (Å²) in [7, 11) is 0. The summed E-state index contributed by atoms with van der Waals surface area (Å²) in [5, 5.41) is 0.443. The second kappa shape index (κ2) is 8.28. The van der Waals surface area contributed by atoms with E-state index in [0.29, 0.717) is 41.2 Å². The first-order valence-electron chi connectivity index (χ1n) is 9.15. The molecule has 0 bridgehead atoms. The van der Waals surface area contributed by atoms with Crippen molar-refractivity contribution in [2.45, 2.75) is 26.7 Å². The van der Waals surface area contributed by atoms with Crippen LogP contribution < -0.4 is 9.47 Å². The van der Waals surface area contributed by atoms with Gasteiger partial charge in [0.25, 0.3) is 5.91 Å². The number of ether oxygens (including phenoxy) is 2. The molecule has 1 aromatic rings. The molecule has 25 heavy (non-hydrogen) atoms. The van der Waals surface area contributed by atoms with Crippen molar-refractivity contribution in [3.05, 3.63) is 22.7 Å². The third-order valence-corrected chi connectivity index (χ3v) is 5.01. The number of halogens is 1. The summed E-state index contributed by atoms with van der Waals surface area (Å²) in [5.41, 5.74) is 0.574. The van der Waals surface area contributed by atoms with Crippen molar-refractivity contribution in [3.63, 3.8) is 0 Å². The molecule has 0 unspecified atom stereocenters. The lowest BCUT2D eigenvalue weighted by molar-refractivity contribution is 0.0631. The second-order valence-corrected chi connectivity index (χ2v) is 7.56. The maximum atomic E-state index is 12.8. The lowest BCUT2D eigenvalue weighted by Crippen LogP contribution is -2.49. The normalized spacial score (nSPS) is 18.3. The Labute approximate surface area is 154 Å². The molecule has 1 amide bonds. The van der Waals surface area contributed by atoms with Crippen LogP contribution in [0.25, 0.3) is 0 Å². The van der Waals surface area contributed by atoms with Crippen molar-refractivity contribution >= 4 is 17.5 Å². The van der Waals surface area contributed by atoms with Crippen molar-refractivity contribution < 1.29 is 14.3 Å². The topological polar surface area (TPSA) is 42.0 Å². The summed E-state index contributed by atoms with van der Waals surface area (Å²) < 4.78 is 11.3. The van der Waals surface area contributed by atoms with Crippen LogP contribution in [0, 0.1) is 5.92 Å². The maximum absolute atomic E-state index is 12.8. The third-order valence-electron chi connectivity index (χ3n) is 4.73. The minimum atomic E-state index is 0.0149. The molecule has 6 heteroatoms. The quantitative estimate of drug-likeness (QED) is 0.819. The number of fused-ring (bicyclic) bond motifs is 1. The van der Waals surface area contributed by atoms with Gasteiger partial charge in [-0.2, -0.15) is 0 Å². The average Bonchev–Trinajstić information content (AvgIpc) is 2.85. The number of carbonyl (C=O) groups is 1. The first kappa shape index (κ1) is 18.3. The van der Waals surface area contributed by atoms with Crippen molar-refractivity contribution in [1.29, 1.82) is 0 Å². The molecule has 138 valence electrons. The molecule has 2 aliphatic rings. The summed E-state index contributed by atoms with van der Waals surface area (Å²) in [4.78, 5) is 17.2. The molecule has 1 saturated heterocycles. The highest BCUT2D eigenvalue weighted by molar-refractivity contribution is 6.32. The van der Waals surface area contributed by atoms with Crippen molar-refractivity contribution in [1.82, 2.24) is 9.80 Å². The van der Waals surface area contributed by atoms with Crippen LogP contribution in [0.15, 0.2) is 12.1 Å². The van der Waals surface area contributed by atoms with Gasteiger partial charge in [0.2, 0.25) is 0 Å². The first-order chi connectivity index (χ1) is 12.0. The Morgan fingerprint density at radius 1 is 1.16 bits per heavy atom. The number of nitrogens with zero attached hydrogens (tertiary/aromatic N) is 2. The maximum Gasteiger partial charge on any atom is 0.254 e. The number of amides is 1. The van der Waals surface area contributed by atoms with Crippen LogP contribution in [-0.2, 0) is 0 Å². The van der Waals surface area contributed by atoms with Gasteiger partial charge in [-0.3, -0.25) is 9.69 Å². The highest BCUT2D eigenvalue weighted by Gasteiger charge is 2.25. The summed E-state index contributed by atoms with van der Waals surface area (Å²) in [5.74, 6) is 1.85. The molecule has 2 aliphatic heterocycles. The summed E-state index contributed by atoms with van der Waals surface area (Å²) in [6.07, 6.45) is 2.01. The largest absolute Gasteiger partial charge is 0.489 e. The third kappa shape index (κ3) is 4.59. The van der Waals surface area contributed by atoms with Gasteiger partial charge in [0, 0.05) is 38.2 Å². The van der Waals surface area contributed by atoms with Gasteiger partial charge in [0.1, 0.15) is 0 Å². The lowest BCUT2D eigenvalue weighted by atomic mass is 10.1. The standard InChI is InChI=1S/C19H27ClN2O3/c1-14(2)4-5-21-6-8-22(9-7-21)19(23)15-12-16(20)18-17(13-15)24-10-3-11-25-18/h12-14H,3-11H2,1-2H3. The van der Waals surface area contributed by atoms with Crippen LogP contribution in [0.3, 0.4) is 0 Å². The van der Waals surface area contributed by atoms with E-state index in [2.05, 4.69) is 18.7 Å². The van der Waals surface area contributed by atoms with Gasteiger partial charge in [-0.15, -0.1) is 0 Å². The van der Waals surface area contributed by atoms with Crippen LogP contribution in [0.2, 0.25) is 5.02 Å². The molecule has 5 nitrogen and oxygen atoms in total. The highest BCUT2D eigenvalue weighted by Crippen LogP contribution is 2.38. The van der Waals surface area contributed by atoms with Crippen LogP contribution in [0.4, 0.5) is 0 Å². The molecule has 0 aliphatic carbocycles. The molecule has 2 heterocycles. The Kier molecular flexibility index (Phi) is 6.07. The fraction of sp³-hybridized carbons (Fsp3) is 0.632. The SMILES string of the molecule is CC(C)CCN1CCN(C(=O)c2cc(Cl)c3c(c2)OCCCO3)CC1. The summed E-state index contributed by atoms with van der Waals surface area (Å²) >= 11 is 6.31. The van der Waals surface area contributed by atoms with Gasteiger partial charge in [-0.05, 0) is 31.0 Å². The van der Waals surface area contributed by atoms with Gasteiger partial charge >= 0.3 is 0 Å². The van der Waals surface area contributed by atoms with E-state index in [0.717, 1.165) is 39.1 Å². The van der Waals surface area contributed by atoms with E-state index in [1.807, 2.05) is 4.90 Å². The van der Waals surface area contributed by atoms with Crippen molar-refractivity contribution in [2.24, 2.45) is 5.92 Å². The predicted molar refractivity (Wildman–Crippen MR) is 98.9 cm³/mol. The number of benzene rings is 1. The van der Waals surface area contributed by atoms with Gasteiger partial charge in [0.05, 0.1) is 18.2 Å². The minimum Gasteiger partial charge on any atom is -0.489 e. The smallest absolute Gasteiger partial charge is 0.254 e. The molecule has 0 radical (unpaired) electrons. The van der Waals surface area contributed by atoms with E-state index in [1.165, 1.54) is 6.42 Å². The Hall–Kier alpha value is -1.46. The second-order valence-electron chi connectivity index (χ2n) is 7.15. The Bertz CT molecular complexity index is 613. The monoisotopic (exact) mass is 366 g/mol. The highest BCUT2D eigenvalue weighted by atomic mass is 35.5. The molecule has 0 aromatic heterocycles. The average molecular weight is 367 g/mol. The van der Waals surface area contributed by atoms with Gasteiger partial charge in [0.15, 0.2) is 11.5 Å². The molecule has 3 rings (SSSR count). The zero-order valence-corrected chi connectivity index (χ0v) is 15.8. The summed E-state index contributed by atoms with van der Waals surface area (Å²) in [6, 6.07) is 3.46. The van der Waals surface area contributed by atoms with E-state index >= 15 is 0 Å². The molecule has 0 N–H and O–H groups in total. The number of hydrogen-bond donors (Lipinski definition) is 0. The Morgan fingerprint density at radius 2 is 1.88 bits per heavy atom. The van der Waals surface area contributed by atoms with Crippen molar-refractivity contribution in [2.75, 3.05) is 45.9 Å². The van der Waals surface area contributed by atoms with E-state index in [9.17, 15) is 4.79 Å². The minimum absolute atomic E-state index is 0.0149. The van der Waals surface area contributed by atoms with Crippen LogP contribution in [0.1, 0.15) is 37.0 Å². The van der Waals surface area contributed by atoms with Crippen LogP contribution in [0.5, 0.6) is 11.5 Å². The Balaban J connectivity index is 1.64. The van der Waals surface area contributed by atoms with Gasteiger partial charge < -0.3 is 14.4 Å². The number of carbonyl (C=O) groups excluding carboxylic acids is 1. The molecule has 1 fully saturated rings. The molecule has 0 saturated carbocycles. The molecular weight excluding hydrogens is 340 g/mol. The predicted octanol–water partition coefficient (Wildman–Crippen LogP) is 3.31. The zero-order valence-electron chi connectivity index (χ0n) is 15.1. The Morgan fingerprint density at radius 3 is 2.60 bits per heavy atom. The van der Waals surface area contributed by atoms with E-state index in [4.69, 9.17) is 21.1 Å². The summed E-state index contributed by atoms with van der Waals surface area (Å²) in [6.45, 7) is 10.1. The molecule has 1 aromatic carbocycles. The van der Waals surface area contributed by atoms with E-state index in [1.54, 1.807) is 12.1 Å². The molecular formula is C19H27ClN2O3. The van der Waals surface area contributed by atoms with Crippen LogP contribution >= 0.6 is 11.6 Å². The van der Waals surface area contributed by atoms with Crippen LogP contribution in [-0.4, -0.2) is 61.6 Å². The van der Waals surface area contributed by atoms with E-state index in [-0.39, 0.29) is 5.91 Å².